The molecule has 4 heteroatoms. The van der Waals surface area contributed by atoms with Crippen LogP contribution >= 0.6 is 0 Å². The largest absolute Gasteiger partial charge is 0.332 e. The van der Waals surface area contributed by atoms with Crippen LogP contribution in [0.4, 0.5) is 11.4 Å². The summed E-state index contributed by atoms with van der Waals surface area (Å²) in [6.07, 6.45) is 1.02. The smallest absolute Gasteiger partial charge is 0.164 e. The third-order valence-electron chi connectivity index (χ3n) is 12.9. The van der Waals surface area contributed by atoms with Crippen molar-refractivity contribution >= 4 is 11.4 Å². The fraction of sp³-hybridized carbons (Fsp3) is 0.250. The van der Waals surface area contributed by atoms with Crippen molar-refractivity contribution in [2.24, 2.45) is 0 Å². The highest BCUT2D eigenvalue weighted by molar-refractivity contribution is 5.87. The van der Waals surface area contributed by atoms with Crippen LogP contribution in [0.25, 0.3) is 34.2 Å². The normalized spacial score (nSPS) is 19.1. The topological polar surface area (TPSA) is 41.9 Å². The second-order valence-corrected chi connectivity index (χ2v) is 16.7. The molecule has 0 saturated carbocycles. The summed E-state index contributed by atoms with van der Waals surface area (Å²) in [5.41, 5.74) is 19.0. The van der Waals surface area contributed by atoms with Gasteiger partial charge in [-0.25, -0.2) is 15.0 Å². The first-order valence-electron chi connectivity index (χ1n) is 20.5. The highest BCUT2D eigenvalue weighted by Crippen LogP contribution is 2.64. The summed E-state index contributed by atoms with van der Waals surface area (Å²) < 4.78 is 0. The average Bonchev–Trinajstić information content (AvgIpc) is 3.50. The average molecular weight is 729 g/mol. The molecule has 0 fully saturated rings. The lowest BCUT2D eigenvalue weighted by molar-refractivity contribution is 0.572. The molecule has 0 amide bonds. The molecule has 3 unspecified atom stereocenters. The molecular weight excluding hydrogens is 681 g/mol. The zero-order valence-electron chi connectivity index (χ0n) is 33.2. The molecule has 0 bridgehead atoms. The SMILES string of the molecule is CC(C)c1cccc2c1C[C@H]1c3c(ccc4c3N(c3c(C(C)C)cccc3C4C)C1c1ccc(-c3nc(-c4ccccc4)nc(-c4ccccc4)n3)cc1)C2C. The molecule has 4 nitrogen and oxygen atoms in total. The van der Waals surface area contributed by atoms with Gasteiger partial charge in [-0.15, -0.1) is 0 Å². The van der Waals surface area contributed by atoms with E-state index < -0.39 is 0 Å². The molecule has 0 N–H and O–H groups in total. The Kier molecular flexibility index (Phi) is 8.29. The van der Waals surface area contributed by atoms with Crippen LogP contribution in [0.1, 0.15) is 127 Å². The van der Waals surface area contributed by atoms with Crippen LogP contribution < -0.4 is 4.90 Å². The fourth-order valence-corrected chi connectivity index (χ4v) is 10.1. The Balaban J connectivity index is 1.17. The van der Waals surface area contributed by atoms with E-state index in [0.717, 1.165) is 23.1 Å². The van der Waals surface area contributed by atoms with Gasteiger partial charge in [-0.05, 0) is 68.3 Å². The number of hydrogen-bond acceptors (Lipinski definition) is 4. The van der Waals surface area contributed by atoms with E-state index in [-0.39, 0.29) is 6.04 Å². The van der Waals surface area contributed by atoms with Crippen molar-refractivity contribution in [3.8, 4) is 34.2 Å². The predicted molar refractivity (Wildman–Crippen MR) is 230 cm³/mol. The number of anilines is 2. The number of nitrogens with zero attached hydrogens (tertiary/aromatic N) is 4. The second-order valence-electron chi connectivity index (χ2n) is 16.7. The number of aromatic nitrogens is 3. The molecule has 56 heavy (non-hydrogen) atoms. The van der Waals surface area contributed by atoms with Crippen molar-refractivity contribution < 1.29 is 0 Å². The van der Waals surface area contributed by atoms with Gasteiger partial charge in [0.2, 0.25) is 0 Å². The lowest BCUT2D eigenvalue weighted by atomic mass is 9.80. The number of benzene rings is 6. The molecule has 6 aromatic carbocycles. The molecule has 10 rings (SSSR count). The quantitative estimate of drug-likeness (QED) is 0.171. The summed E-state index contributed by atoms with van der Waals surface area (Å²) in [4.78, 5) is 17.9. The van der Waals surface area contributed by atoms with E-state index in [0.29, 0.717) is 47.1 Å². The van der Waals surface area contributed by atoms with E-state index in [9.17, 15) is 0 Å². The van der Waals surface area contributed by atoms with Gasteiger partial charge in [-0.1, -0.05) is 175 Å². The van der Waals surface area contributed by atoms with E-state index >= 15 is 0 Å². The van der Waals surface area contributed by atoms with E-state index in [4.69, 9.17) is 15.0 Å². The Morgan fingerprint density at radius 1 is 0.482 bits per heavy atom. The van der Waals surface area contributed by atoms with Crippen LogP contribution in [-0.4, -0.2) is 15.0 Å². The van der Waals surface area contributed by atoms with E-state index in [1.54, 1.807) is 11.1 Å². The van der Waals surface area contributed by atoms with Crippen LogP contribution in [0.2, 0.25) is 0 Å². The second kappa shape index (κ2) is 13.4. The maximum Gasteiger partial charge on any atom is 0.164 e. The van der Waals surface area contributed by atoms with Crippen LogP contribution in [0, 0.1) is 0 Å². The lowest BCUT2D eigenvalue weighted by Gasteiger charge is -2.40. The van der Waals surface area contributed by atoms with Crippen molar-refractivity contribution in [3.63, 3.8) is 0 Å². The minimum Gasteiger partial charge on any atom is -0.332 e. The van der Waals surface area contributed by atoms with Crippen molar-refractivity contribution in [3.05, 3.63) is 184 Å². The maximum absolute atomic E-state index is 5.07. The summed E-state index contributed by atoms with van der Waals surface area (Å²) in [7, 11) is 0. The Labute approximate surface area is 331 Å². The highest BCUT2D eigenvalue weighted by Gasteiger charge is 2.49. The molecule has 0 spiro atoms. The Hall–Kier alpha value is -5.87. The lowest BCUT2D eigenvalue weighted by Crippen LogP contribution is -2.29. The van der Waals surface area contributed by atoms with E-state index in [1.165, 1.54) is 50.3 Å². The number of fused-ring (bicyclic) bond motifs is 3. The van der Waals surface area contributed by atoms with Crippen molar-refractivity contribution in [1.82, 2.24) is 15.0 Å². The minimum atomic E-state index is 0.126. The molecule has 1 aliphatic carbocycles. The van der Waals surface area contributed by atoms with Gasteiger partial charge >= 0.3 is 0 Å². The third-order valence-corrected chi connectivity index (χ3v) is 12.9. The third kappa shape index (κ3) is 5.37. The van der Waals surface area contributed by atoms with Gasteiger partial charge in [0, 0.05) is 45.8 Å². The maximum atomic E-state index is 5.07. The van der Waals surface area contributed by atoms with Crippen LogP contribution in [0.3, 0.4) is 0 Å². The summed E-state index contributed by atoms with van der Waals surface area (Å²) in [5, 5.41) is 0. The monoisotopic (exact) mass is 728 g/mol. The van der Waals surface area contributed by atoms with Gasteiger partial charge in [0.05, 0.1) is 6.04 Å². The molecule has 2 aliphatic heterocycles. The standard InChI is InChI=1S/C52H48N4/c1-30(2)38-19-13-21-40-32(5)41-27-28-43-33(6)42-22-14-20-39(31(3)4)48(42)56-47(45(29-44(38)40)46(41)49(43)56)34-23-25-37(26-24-34)52-54-50(35-15-9-7-10-16-35)53-51(55-52)36-17-11-8-12-18-36/h7-28,30-33,45,47H,29H2,1-6H3/t32?,33?,45-,47?/m0/s1. The fourth-order valence-electron chi connectivity index (χ4n) is 10.1. The van der Waals surface area contributed by atoms with Crippen molar-refractivity contribution in [2.45, 2.75) is 83.6 Å². The van der Waals surface area contributed by atoms with Crippen LogP contribution in [0.15, 0.2) is 133 Å². The molecule has 4 atom stereocenters. The molecule has 7 aromatic rings. The first kappa shape index (κ1) is 34.6. The summed E-state index contributed by atoms with van der Waals surface area (Å²) in [6, 6.07) is 48.8. The zero-order chi connectivity index (χ0) is 38.2. The molecule has 0 saturated heterocycles. The van der Waals surface area contributed by atoms with Gasteiger partial charge < -0.3 is 4.90 Å². The number of para-hydroxylation sites is 1. The molecule has 276 valence electrons. The Morgan fingerprint density at radius 2 is 0.982 bits per heavy atom. The Morgan fingerprint density at radius 3 is 1.57 bits per heavy atom. The number of hydrogen-bond donors (Lipinski definition) is 0. The minimum absolute atomic E-state index is 0.126. The van der Waals surface area contributed by atoms with Gasteiger partial charge in [0.15, 0.2) is 17.5 Å². The van der Waals surface area contributed by atoms with Crippen LogP contribution in [-0.2, 0) is 6.42 Å². The van der Waals surface area contributed by atoms with E-state index in [2.05, 4.69) is 144 Å². The van der Waals surface area contributed by atoms with Gasteiger partial charge in [0.25, 0.3) is 0 Å². The van der Waals surface area contributed by atoms with Crippen molar-refractivity contribution in [2.75, 3.05) is 4.90 Å². The first-order chi connectivity index (χ1) is 27.3. The predicted octanol–water partition coefficient (Wildman–Crippen LogP) is 13.3. The summed E-state index contributed by atoms with van der Waals surface area (Å²) in [5.74, 6) is 3.81. The van der Waals surface area contributed by atoms with Gasteiger partial charge in [0.1, 0.15) is 0 Å². The summed E-state index contributed by atoms with van der Waals surface area (Å²) in [6.45, 7) is 14.3. The Bertz CT molecular complexity index is 2550. The zero-order valence-corrected chi connectivity index (χ0v) is 33.2. The molecule has 3 aliphatic rings. The highest BCUT2D eigenvalue weighted by atomic mass is 15.2. The molecule has 0 radical (unpaired) electrons. The molecule has 1 aromatic heterocycles. The van der Waals surface area contributed by atoms with Crippen LogP contribution in [0.5, 0.6) is 0 Å². The van der Waals surface area contributed by atoms with Gasteiger partial charge in [-0.3, -0.25) is 0 Å². The summed E-state index contributed by atoms with van der Waals surface area (Å²) >= 11 is 0. The molecule has 3 heterocycles. The van der Waals surface area contributed by atoms with E-state index in [1.807, 2.05) is 36.4 Å². The van der Waals surface area contributed by atoms with Gasteiger partial charge in [-0.2, -0.15) is 0 Å². The first-order valence-corrected chi connectivity index (χ1v) is 20.5. The number of rotatable bonds is 6. The van der Waals surface area contributed by atoms with Crippen molar-refractivity contribution in [1.29, 1.82) is 0 Å². The molecular formula is C52H48N4.